The summed E-state index contributed by atoms with van der Waals surface area (Å²) in [6.07, 6.45) is 3.24. The summed E-state index contributed by atoms with van der Waals surface area (Å²) in [4.78, 5) is 30.5. The van der Waals surface area contributed by atoms with Gasteiger partial charge in [-0.3, -0.25) is 14.9 Å². The van der Waals surface area contributed by atoms with Gasteiger partial charge in [-0.2, -0.15) is 0 Å². The quantitative estimate of drug-likeness (QED) is 0.293. The van der Waals surface area contributed by atoms with E-state index in [-0.39, 0.29) is 22.3 Å². The summed E-state index contributed by atoms with van der Waals surface area (Å²) in [7, 11) is 0. The molecule has 2 aromatic carbocycles. The van der Waals surface area contributed by atoms with E-state index in [0.29, 0.717) is 53.2 Å². The van der Waals surface area contributed by atoms with Crippen molar-refractivity contribution < 1.29 is 14.1 Å². The van der Waals surface area contributed by atoms with Crippen molar-refractivity contribution in [2.45, 2.75) is 19.3 Å². The SMILES string of the molecule is O=C(c1ccc(-c2cc(Cl)ccc2Cl)o1)N1CCN(c2ccc([N+](=O)[O-])c(N3CCCCC3)c2)CC1. The Morgan fingerprint density at radius 2 is 1.61 bits per heavy atom. The first-order chi connectivity index (χ1) is 17.4. The molecule has 0 bridgehead atoms. The molecular formula is C26H26Cl2N4O4. The fraction of sp³-hybridized carbons (Fsp3) is 0.346. The van der Waals surface area contributed by atoms with Gasteiger partial charge in [0.25, 0.3) is 11.6 Å². The van der Waals surface area contributed by atoms with E-state index >= 15 is 0 Å². The van der Waals surface area contributed by atoms with E-state index in [1.165, 1.54) is 0 Å². The molecule has 36 heavy (non-hydrogen) atoms. The Hall–Kier alpha value is -3.23. The second kappa shape index (κ2) is 10.4. The van der Waals surface area contributed by atoms with Crippen LogP contribution in [0.5, 0.6) is 0 Å². The minimum Gasteiger partial charge on any atom is -0.451 e. The Labute approximate surface area is 219 Å². The summed E-state index contributed by atoms with van der Waals surface area (Å²) in [6.45, 7) is 3.94. The fourth-order valence-corrected chi connectivity index (χ4v) is 5.24. The molecule has 3 aromatic rings. The van der Waals surface area contributed by atoms with Crippen LogP contribution < -0.4 is 9.80 Å². The number of piperidine rings is 1. The summed E-state index contributed by atoms with van der Waals surface area (Å²) < 4.78 is 5.83. The minimum atomic E-state index is -0.307. The summed E-state index contributed by atoms with van der Waals surface area (Å²) in [5.41, 5.74) is 2.39. The number of piperazine rings is 1. The number of nitrogens with zero attached hydrogens (tertiary/aromatic N) is 4. The van der Waals surface area contributed by atoms with E-state index in [1.807, 2.05) is 6.07 Å². The molecule has 0 saturated carbocycles. The van der Waals surface area contributed by atoms with Crippen molar-refractivity contribution in [2.75, 3.05) is 49.1 Å². The van der Waals surface area contributed by atoms with E-state index in [0.717, 1.165) is 38.0 Å². The third kappa shape index (κ3) is 5.01. The molecule has 0 atom stereocenters. The van der Waals surface area contributed by atoms with Crippen LogP contribution in [-0.4, -0.2) is 55.0 Å². The number of carbonyl (C=O) groups excluding carboxylic acids is 1. The molecule has 10 heteroatoms. The van der Waals surface area contributed by atoms with E-state index in [2.05, 4.69) is 9.80 Å². The Kier molecular flexibility index (Phi) is 7.07. The summed E-state index contributed by atoms with van der Waals surface area (Å²) in [5.74, 6) is 0.551. The first kappa shape index (κ1) is 24.5. The number of anilines is 2. The number of hydrogen-bond acceptors (Lipinski definition) is 6. The van der Waals surface area contributed by atoms with Gasteiger partial charge in [-0.15, -0.1) is 0 Å². The maximum atomic E-state index is 13.1. The number of furan rings is 1. The first-order valence-corrected chi connectivity index (χ1v) is 12.8. The topological polar surface area (TPSA) is 83.1 Å². The molecule has 1 aromatic heterocycles. The molecule has 188 valence electrons. The van der Waals surface area contributed by atoms with Crippen LogP contribution in [0.4, 0.5) is 17.1 Å². The van der Waals surface area contributed by atoms with Crippen LogP contribution in [0.15, 0.2) is 52.9 Å². The van der Waals surface area contributed by atoms with Crippen LogP contribution >= 0.6 is 23.2 Å². The van der Waals surface area contributed by atoms with Gasteiger partial charge in [-0.05, 0) is 61.7 Å². The van der Waals surface area contributed by atoms with E-state index in [4.69, 9.17) is 27.6 Å². The lowest BCUT2D eigenvalue weighted by Gasteiger charge is -2.36. The van der Waals surface area contributed by atoms with Crippen molar-refractivity contribution in [1.82, 2.24) is 4.90 Å². The molecule has 2 fully saturated rings. The Morgan fingerprint density at radius 3 is 2.33 bits per heavy atom. The predicted octanol–water partition coefficient (Wildman–Crippen LogP) is 6.11. The van der Waals surface area contributed by atoms with E-state index in [9.17, 15) is 14.9 Å². The highest BCUT2D eigenvalue weighted by atomic mass is 35.5. The predicted molar refractivity (Wildman–Crippen MR) is 141 cm³/mol. The normalized spacial score (nSPS) is 16.3. The number of rotatable bonds is 5. The fourth-order valence-electron chi connectivity index (χ4n) is 4.86. The number of benzene rings is 2. The van der Waals surface area contributed by atoms with Gasteiger partial charge in [0.15, 0.2) is 5.76 Å². The first-order valence-electron chi connectivity index (χ1n) is 12.0. The summed E-state index contributed by atoms with van der Waals surface area (Å²) in [6, 6.07) is 13.8. The third-order valence-electron chi connectivity index (χ3n) is 6.80. The molecule has 1 amide bonds. The van der Waals surface area contributed by atoms with Gasteiger partial charge >= 0.3 is 0 Å². The van der Waals surface area contributed by atoms with E-state index in [1.54, 1.807) is 47.4 Å². The van der Waals surface area contributed by atoms with Crippen molar-refractivity contribution in [2.24, 2.45) is 0 Å². The van der Waals surface area contributed by atoms with Crippen molar-refractivity contribution in [1.29, 1.82) is 0 Å². The maximum Gasteiger partial charge on any atom is 0.292 e. The lowest BCUT2D eigenvalue weighted by Crippen LogP contribution is -2.48. The standard InChI is InChI=1S/C26H26Cl2N4O4/c27-18-4-6-21(28)20(16-18)24-8-9-25(36-24)26(33)31-14-12-29(13-15-31)19-5-7-22(32(34)35)23(17-19)30-10-2-1-3-11-30/h4-9,16-17H,1-3,10-15H2. The second-order valence-electron chi connectivity index (χ2n) is 9.05. The Morgan fingerprint density at radius 1 is 0.861 bits per heavy atom. The van der Waals surface area contributed by atoms with E-state index < -0.39 is 0 Å². The molecular weight excluding hydrogens is 503 g/mol. The molecule has 2 aliphatic heterocycles. The Balaban J connectivity index is 1.27. The highest BCUT2D eigenvalue weighted by molar-refractivity contribution is 6.35. The summed E-state index contributed by atoms with van der Waals surface area (Å²) in [5, 5.41) is 12.7. The second-order valence-corrected chi connectivity index (χ2v) is 9.89. The molecule has 0 aliphatic carbocycles. The van der Waals surface area contributed by atoms with Gasteiger partial charge in [0.2, 0.25) is 0 Å². The van der Waals surface area contributed by atoms with Crippen LogP contribution in [0.25, 0.3) is 11.3 Å². The molecule has 3 heterocycles. The molecule has 0 radical (unpaired) electrons. The van der Waals surface area contributed by atoms with Crippen molar-refractivity contribution in [3.8, 4) is 11.3 Å². The molecule has 2 saturated heterocycles. The number of amides is 1. The summed E-state index contributed by atoms with van der Waals surface area (Å²) >= 11 is 12.4. The maximum absolute atomic E-state index is 13.1. The van der Waals surface area contributed by atoms with Gasteiger partial charge < -0.3 is 19.1 Å². The smallest absolute Gasteiger partial charge is 0.292 e. The molecule has 5 rings (SSSR count). The molecule has 0 N–H and O–H groups in total. The van der Waals surface area contributed by atoms with Gasteiger partial charge in [0.05, 0.1) is 9.95 Å². The van der Waals surface area contributed by atoms with Crippen LogP contribution in [-0.2, 0) is 0 Å². The zero-order valence-electron chi connectivity index (χ0n) is 19.7. The average Bonchev–Trinajstić information content (AvgIpc) is 3.40. The third-order valence-corrected chi connectivity index (χ3v) is 7.36. The number of nitro benzene ring substituents is 1. The number of hydrogen-bond donors (Lipinski definition) is 0. The largest absolute Gasteiger partial charge is 0.451 e. The van der Waals surface area contributed by atoms with Crippen LogP contribution in [0.3, 0.4) is 0 Å². The average molecular weight is 529 g/mol. The lowest BCUT2D eigenvalue weighted by molar-refractivity contribution is -0.384. The van der Waals surface area contributed by atoms with Crippen LogP contribution in [0.1, 0.15) is 29.8 Å². The van der Waals surface area contributed by atoms with Gasteiger partial charge in [0.1, 0.15) is 11.4 Å². The number of carbonyl (C=O) groups is 1. The highest BCUT2D eigenvalue weighted by Crippen LogP contribution is 2.35. The van der Waals surface area contributed by atoms with Crippen LogP contribution in [0, 0.1) is 10.1 Å². The molecule has 0 unspecified atom stereocenters. The van der Waals surface area contributed by atoms with Crippen molar-refractivity contribution in [3.63, 3.8) is 0 Å². The highest BCUT2D eigenvalue weighted by Gasteiger charge is 2.27. The Bertz CT molecular complexity index is 1280. The monoisotopic (exact) mass is 528 g/mol. The van der Waals surface area contributed by atoms with Crippen molar-refractivity contribution in [3.05, 3.63) is 74.5 Å². The number of nitro groups is 1. The van der Waals surface area contributed by atoms with Gasteiger partial charge in [0, 0.05) is 61.6 Å². The molecule has 0 spiro atoms. The lowest BCUT2D eigenvalue weighted by atomic mass is 10.1. The van der Waals surface area contributed by atoms with Crippen molar-refractivity contribution >= 4 is 46.2 Å². The zero-order valence-corrected chi connectivity index (χ0v) is 21.2. The number of halogens is 2. The molecule has 8 nitrogen and oxygen atoms in total. The van der Waals surface area contributed by atoms with Crippen LogP contribution in [0.2, 0.25) is 10.0 Å². The zero-order chi connectivity index (χ0) is 25.2. The van der Waals surface area contributed by atoms with Gasteiger partial charge in [-0.1, -0.05) is 23.2 Å². The molecule has 2 aliphatic rings. The minimum absolute atomic E-state index is 0.142. The van der Waals surface area contributed by atoms with Gasteiger partial charge in [-0.25, -0.2) is 0 Å².